The summed E-state index contributed by atoms with van der Waals surface area (Å²) in [5, 5.41) is 3.88. The molecule has 1 saturated carbocycles. The fourth-order valence-electron chi connectivity index (χ4n) is 6.08. The van der Waals surface area contributed by atoms with Crippen LogP contribution < -0.4 is 0 Å². The topological polar surface area (TPSA) is 87.0 Å². The summed E-state index contributed by atoms with van der Waals surface area (Å²) >= 11 is 0. The highest BCUT2D eigenvalue weighted by Crippen LogP contribution is 2.30. The third-order valence-electron chi connectivity index (χ3n) is 8.20. The van der Waals surface area contributed by atoms with Crippen LogP contribution in [0.3, 0.4) is 0 Å². The van der Waals surface area contributed by atoms with Gasteiger partial charge in [0.2, 0.25) is 15.9 Å². The smallest absolute Gasteiger partial charge is 0.248 e. The molecule has 3 heterocycles. The molecule has 206 valence electrons. The van der Waals surface area contributed by atoms with Crippen molar-refractivity contribution in [3.63, 3.8) is 0 Å². The summed E-state index contributed by atoms with van der Waals surface area (Å²) in [6, 6.07) is 6.87. The molecule has 2 saturated heterocycles. The van der Waals surface area contributed by atoms with Crippen molar-refractivity contribution in [3.8, 4) is 0 Å². The molecule has 0 unspecified atom stereocenters. The van der Waals surface area contributed by atoms with Gasteiger partial charge in [-0.3, -0.25) is 9.69 Å². The Morgan fingerprint density at radius 3 is 2.47 bits per heavy atom. The van der Waals surface area contributed by atoms with Crippen LogP contribution in [0.15, 0.2) is 33.7 Å². The number of aryl methyl sites for hydroxylation is 1. The Labute approximate surface area is 224 Å². The van der Waals surface area contributed by atoms with Crippen molar-refractivity contribution in [3.05, 3.63) is 47.1 Å². The van der Waals surface area contributed by atoms with E-state index in [4.69, 9.17) is 4.52 Å². The van der Waals surface area contributed by atoms with Crippen molar-refractivity contribution < 1.29 is 22.1 Å². The van der Waals surface area contributed by atoms with E-state index in [-0.39, 0.29) is 34.7 Å². The van der Waals surface area contributed by atoms with Crippen LogP contribution >= 0.6 is 0 Å². The minimum absolute atomic E-state index is 0.0284. The molecule has 0 bridgehead atoms. The first-order valence-corrected chi connectivity index (χ1v) is 15.2. The molecule has 38 heavy (non-hydrogen) atoms. The summed E-state index contributed by atoms with van der Waals surface area (Å²) in [6.07, 6.45) is 10.6. The number of sulfonamides is 1. The van der Waals surface area contributed by atoms with Crippen molar-refractivity contribution in [2.24, 2.45) is 5.92 Å². The van der Waals surface area contributed by atoms with E-state index < -0.39 is 15.8 Å². The number of benzene rings is 1. The highest BCUT2D eigenvalue weighted by atomic mass is 32.2. The van der Waals surface area contributed by atoms with Gasteiger partial charge in [-0.1, -0.05) is 42.6 Å². The lowest BCUT2D eigenvalue weighted by Gasteiger charge is -2.42. The molecule has 0 spiro atoms. The lowest BCUT2D eigenvalue weighted by atomic mass is 9.93. The third kappa shape index (κ3) is 5.72. The van der Waals surface area contributed by atoms with Gasteiger partial charge in [0.25, 0.3) is 0 Å². The van der Waals surface area contributed by atoms with E-state index in [1.54, 1.807) is 25.1 Å². The molecule has 0 radical (unpaired) electrons. The molecule has 0 N–H and O–H groups in total. The van der Waals surface area contributed by atoms with Crippen molar-refractivity contribution >= 4 is 28.1 Å². The summed E-state index contributed by atoms with van der Waals surface area (Å²) in [6.45, 7) is 5.25. The Hall–Kier alpha value is -2.56. The lowest BCUT2D eigenvalue weighted by Crippen LogP contribution is -2.55. The fourth-order valence-corrected chi connectivity index (χ4v) is 7.85. The van der Waals surface area contributed by atoms with E-state index in [0.717, 1.165) is 13.1 Å². The van der Waals surface area contributed by atoms with Crippen LogP contribution in [0.5, 0.6) is 0 Å². The maximum absolute atomic E-state index is 14.0. The van der Waals surface area contributed by atoms with Crippen LogP contribution in [-0.2, 0) is 14.8 Å². The SMILES string of the molecule is Cc1noc(/C=C/c2ccccc2F)c1S(=O)(=O)N1CCC[C@H](C(=O)N2CCN(C3CCCCC3)CC2)C1. The molecular formula is C28H37FN4O4S. The lowest BCUT2D eigenvalue weighted by molar-refractivity contribution is -0.138. The Bertz CT molecular complexity index is 1260. The predicted octanol–water partition coefficient (Wildman–Crippen LogP) is 4.17. The van der Waals surface area contributed by atoms with Gasteiger partial charge >= 0.3 is 0 Å². The van der Waals surface area contributed by atoms with Crippen molar-refractivity contribution in [1.29, 1.82) is 0 Å². The van der Waals surface area contributed by atoms with Gasteiger partial charge in [0.1, 0.15) is 11.5 Å². The Morgan fingerprint density at radius 1 is 1.00 bits per heavy atom. The largest absolute Gasteiger partial charge is 0.355 e. The average Bonchev–Trinajstić information content (AvgIpc) is 3.33. The summed E-state index contributed by atoms with van der Waals surface area (Å²) in [5.41, 5.74) is 0.558. The third-order valence-corrected chi connectivity index (χ3v) is 10.2. The summed E-state index contributed by atoms with van der Waals surface area (Å²) in [7, 11) is -3.96. The first-order valence-electron chi connectivity index (χ1n) is 13.8. The van der Waals surface area contributed by atoms with Crippen LogP contribution in [-0.4, -0.2) is 78.9 Å². The van der Waals surface area contributed by atoms with Crippen LogP contribution in [0.4, 0.5) is 4.39 Å². The number of nitrogens with zero attached hydrogens (tertiary/aromatic N) is 4. The monoisotopic (exact) mass is 544 g/mol. The number of carbonyl (C=O) groups excluding carboxylic acids is 1. The van der Waals surface area contributed by atoms with Gasteiger partial charge < -0.3 is 9.42 Å². The molecule has 1 aliphatic carbocycles. The molecule has 3 aliphatic rings. The minimum atomic E-state index is -3.96. The number of aromatic nitrogens is 1. The number of amides is 1. The number of hydrogen-bond donors (Lipinski definition) is 0. The molecule has 8 nitrogen and oxygen atoms in total. The van der Waals surface area contributed by atoms with Gasteiger partial charge in [-0.15, -0.1) is 0 Å². The normalized spacial score (nSPS) is 22.8. The number of piperazine rings is 1. The number of rotatable bonds is 6. The number of halogens is 1. The molecule has 1 atom stereocenters. The van der Waals surface area contributed by atoms with Crippen molar-refractivity contribution in [2.45, 2.75) is 62.8 Å². The molecular weight excluding hydrogens is 507 g/mol. The van der Waals surface area contributed by atoms with Crippen molar-refractivity contribution in [2.75, 3.05) is 39.3 Å². The molecule has 1 aromatic heterocycles. The van der Waals surface area contributed by atoms with Crippen LogP contribution in [0, 0.1) is 18.7 Å². The first kappa shape index (κ1) is 27.0. The minimum Gasteiger partial charge on any atom is -0.355 e. The van der Waals surface area contributed by atoms with Crippen molar-refractivity contribution in [1.82, 2.24) is 19.3 Å². The van der Waals surface area contributed by atoms with E-state index in [1.165, 1.54) is 54.6 Å². The maximum atomic E-state index is 14.0. The van der Waals surface area contributed by atoms with Gasteiger partial charge in [-0.05, 0) is 50.8 Å². The number of hydrogen-bond acceptors (Lipinski definition) is 6. The van der Waals surface area contributed by atoms with Gasteiger partial charge in [-0.25, -0.2) is 12.8 Å². The second-order valence-corrected chi connectivity index (χ2v) is 12.5. The van der Waals surface area contributed by atoms with E-state index in [0.29, 0.717) is 44.1 Å². The van der Waals surface area contributed by atoms with Crippen LogP contribution in [0.1, 0.15) is 62.0 Å². The van der Waals surface area contributed by atoms with Crippen LogP contribution in [0.25, 0.3) is 12.2 Å². The molecule has 3 fully saturated rings. The fraction of sp³-hybridized carbons (Fsp3) is 0.571. The number of carbonyl (C=O) groups is 1. The van der Waals surface area contributed by atoms with Gasteiger partial charge in [0.15, 0.2) is 10.7 Å². The predicted molar refractivity (Wildman–Crippen MR) is 143 cm³/mol. The van der Waals surface area contributed by atoms with E-state index in [1.807, 2.05) is 4.90 Å². The standard InChI is InChI=1S/C28H37FN4O4S/c1-21-27(26(37-30-21)14-13-22-8-5-6-12-25(22)29)38(35,36)33-15-7-9-23(20-33)28(34)32-18-16-31(17-19-32)24-10-3-2-4-11-24/h5-6,8,12-14,23-24H,2-4,7,9-11,15-20H2,1H3/b14-13+/t23-/m0/s1. The Kier molecular flexibility index (Phi) is 8.30. The second kappa shape index (κ2) is 11.7. The molecule has 1 aromatic carbocycles. The molecule has 2 aromatic rings. The average molecular weight is 545 g/mol. The zero-order valence-corrected chi connectivity index (χ0v) is 22.8. The Morgan fingerprint density at radius 2 is 1.74 bits per heavy atom. The van der Waals surface area contributed by atoms with Gasteiger partial charge in [0.05, 0.1) is 5.92 Å². The van der Waals surface area contributed by atoms with E-state index in [9.17, 15) is 17.6 Å². The number of piperidine rings is 1. The highest BCUT2D eigenvalue weighted by Gasteiger charge is 2.39. The van der Waals surface area contributed by atoms with Crippen LogP contribution in [0.2, 0.25) is 0 Å². The summed E-state index contributed by atoms with van der Waals surface area (Å²) < 4.78 is 48.2. The molecule has 10 heteroatoms. The molecule has 2 aliphatic heterocycles. The van der Waals surface area contributed by atoms with Gasteiger partial charge in [0, 0.05) is 50.9 Å². The van der Waals surface area contributed by atoms with E-state index >= 15 is 0 Å². The molecule has 1 amide bonds. The zero-order chi connectivity index (χ0) is 26.7. The quantitative estimate of drug-likeness (QED) is 0.543. The second-order valence-electron chi connectivity index (χ2n) is 10.7. The first-order chi connectivity index (χ1) is 18.3. The maximum Gasteiger partial charge on any atom is 0.248 e. The van der Waals surface area contributed by atoms with E-state index in [2.05, 4.69) is 10.1 Å². The highest BCUT2D eigenvalue weighted by molar-refractivity contribution is 7.89. The molecule has 5 rings (SSSR count). The Balaban J connectivity index is 1.26. The summed E-state index contributed by atoms with van der Waals surface area (Å²) in [4.78, 5) is 17.9. The summed E-state index contributed by atoms with van der Waals surface area (Å²) in [5.74, 6) is -0.674. The van der Waals surface area contributed by atoms with Gasteiger partial charge in [-0.2, -0.15) is 4.31 Å². The zero-order valence-electron chi connectivity index (χ0n) is 22.0.